The van der Waals surface area contributed by atoms with Crippen LogP contribution in [0.1, 0.15) is 33.4 Å². The van der Waals surface area contributed by atoms with Gasteiger partial charge in [-0.15, -0.1) is 0 Å². The van der Waals surface area contributed by atoms with E-state index in [4.69, 9.17) is 0 Å². The number of anilines is 12. The minimum atomic E-state index is -0.204. The molecule has 0 bridgehead atoms. The molecule has 0 fully saturated rings. The molecule has 2 heterocycles. The van der Waals surface area contributed by atoms with Crippen LogP contribution in [0, 0.1) is 0 Å². The maximum Gasteiger partial charge on any atom is 0.0703 e. The van der Waals surface area contributed by atoms with Gasteiger partial charge in [0, 0.05) is 27.9 Å². The Morgan fingerprint density at radius 1 is 0.288 bits per heavy atom. The standard InChI is InChI=1S/C69H48N4/c1-3-21-51(22-4-1)70-61-27-11-13-29-63(61)72(64-30-14-12-28-62(64)70)53-39-41-56-55-40-36-47(43-58(55)69(59(56)44-53)45-49-19-7-8-20-50(49)46-69)35-37-48-38-42-60(57-26-10-9-25-54(48)57)73-67-33-17-15-31-65(67)71(52-23-5-2-6-24-52)66-32-16-18-34-68(66)73/h1-44H,45-46H2. The van der Waals surface area contributed by atoms with Crippen LogP contribution in [0.25, 0.3) is 34.1 Å². The largest absolute Gasteiger partial charge is 0.306 e. The third kappa shape index (κ3) is 6.33. The lowest BCUT2D eigenvalue weighted by Crippen LogP contribution is -2.27. The lowest BCUT2D eigenvalue weighted by Gasteiger charge is -2.40. The highest BCUT2D eigenvalue weighted by Crippen LogP contribution is 2.60. The second kappa shape index (κ2) is 16.3. The molecule has 73 heavy (non-hydrogen) atoms. The fourth-order valence-electron chi connectivity index (χ4n) is 12.7. The molecular weight excluding hydrogens is 885 g/mol. The van der Waals surface area contributed by atoms with E-state index in [1.165, 1.54) is 61.0 Å². The highest BCUT2D eigenvalue weighted by atomic mass is 15.3. The number of benzene rings is 11. The van der Waals surface area contributed by atoms with Crippen molar-refractivity contribution in [1.29, 1.82) is 0 Å². The Morgan fingerprint density at radius 3 is 1.22 bits per heavy atom. The molecule has 2 aliphatic carbocycles. The second-order valence-electron chi connectivity index (χ2n) is 19.8. The summed E-state index contributed by atoms with van der Waals surface area (Å²) >= 11 is 0. The Morgan fingerprint density at radius 2 is 0.699 bits per heavy atom. The van der Waals surface area contributed by atoms with Crippen molar-refractivity contribution in [1.82, 2.24) is 0 Å². The van der Waals surface area contributed by atoms with Gasteiger partial charge < -0.3 is 19.6 Å². The molecule has 0 aromatic heterocycles. The molecule has 0 unspecified atom stereocenters. The first-order chi connectivity index (χ1) is 36.2. The van der Waals surface area contributed by atoms with Crippen LogP contribution in [0.15, 0.2) is 255 Å². The Kier molecular flexibility index (Phi) is 9.27. The lowest BCUT2D eigenvalue weighted by molar-refractivity contribution is 0.563. The number of hydrogen-bond acceptors (Lipinski definition) is 4. The Bertz CT molecular complexity index is 3900. The zero-order valence-electron chi connectivity index (χ0n) is 40.1. The number of rotatable bonds is 6. The van der Waals surface area contributed by atoms with E-state index in [0.29, 0.717) is 0 Å². The summed E-state index contributed by atoms with van der Waals surface area (Å²) in [5.41, 5.74) is 24.4. The van der Waals surface area contributed by atoms with Crippen molar-refractivity contribution in [3.8, 4) is 11.1 Å². The van der Waals surface area contributed by atoms with E-state index in [0.717, 1.165) is 75.4 Å². The summed E-state index contributed by atoms with van der Waals surface area (Å²) in [6.45, 7) is 0. The van der Waals surface area contributed by atoms with Crippen molar-refractivity contribution < 1.29 is 0 Å². The van der Waals surface area contributed by atoms with E-state index in [2.05, 4.69) is 287 Å². The van der Waals surface area contributed by atoms with Crippen molar-refractivity contribution in [2.75, 3.05) is 19.6 Å². The third-order valence-corrected chi connectivity index (χ3v) is 15.8. The number of hydrogen-bond donors (Lipinski definition) is 0. The predicted molar refractivity (Wildman–Crippen MR) is 305 cm³/mol. The molecule has 4 aliphatic rings. The van der Waals surface area contributed by atoms with Crippen molar-refractivity contribution >= 4 is 91.2 Å². The van der Waals surface area contributed by atoms with E-state index < -0.39 is 0 Å². The fourth-order valence-corrected chi connectivity index (χ4v) is 12.7. The van der Waals surface area contributed by atoms with Gasteiger partial charge in [0.25, 0.3) is 0 Å². The molecule has 11 aromatic carbocycles. The maximum absolute atomic E-state index is 2.52. The van der Waals surface area contributed by atoms with E-state index in [9.17, 15) is 0 Å². The van der Waals surface area contributed by atoms with Gasteiger partial charge in [-0.05, 0) is 154 Å². The Hall–Kier alpha value is -9.38. The first-order valence-corrected chi connectivity index (χ1v) is 25.4. The summed E-state index contributed by atoms with van der Waals surface area (Å²) in [7, 11) is 0. The molecule has 344 valence electrons. The summed E-state index contributed by atoms with van der Waals surface area (Å²) < 4.78 is 0. The molecule has 15 rings (SSSR count). The fraction of sp³-hybridized carbons (Fsp3) is 0.0435. The Balaban J connectivity index is 0.820. The van der Waals surface area contributed by atoms with E-state index >= 15 is 0 Å². The number of fused-ring (bicyclic) bond motifs is 11. The van der Waals surface area contributed by atoms with E-state index in [1.807, 2.05) is 0 Å². The molecule has 0 saturated carbocycles. The van der Waals surface area contributed by atoms with Crippen molar-refractivity contribution in [2.45, 2.75) is 18.3 Å². The molecule has 4 heteroatoms. The quantitative estimate of drug-likeness (QED) is 0.154. The van der Waals surface area contributed by atoms with Gasteiger partial charge in [-0.1, -0.05) is 176 Å². The Labute approximate surface area is 426 Å². The molecule has 0 amide bonds. The predicted octanol–water partition coefficient (Wildman–Crippen LogP) is 18.6. The summed E-state index contributed by atoms with van der Waals surface area (Å²) in [6, 6.07) is 93.8. The minimum absolute atomic E-state index is 0.204. The van der Waals surface area contributed by atoms with Crippen LogP contribution in [0.4, 0.5) is 68.2 Å². The van der Waals surface area contributed by atoms with Crippen molar-refractivity contribution in [3.63, 3.8) is 0 Å². The van der Waals surface area contributed by atoms with Crippen LogP contribution in [0.3, 0.4) is 0 Å². The molecular formula is C69H48N4. The average molecular weight is 933 g/mol. The molecule has 2 aliphatic heterocycles. The zero-order valence-corrected chi connectivity index (χ0v) is 40.1. The molecule has 4 nitrogen and oxygen atoms in total. The first kappa shape index (κ1) is 41.4. The molecule has 0 atom stereocenters. The van der Waals surface area contributed by atoms with Crippen LogP contribution >= 0.6 is 0 Å². The van der Waals surface area contributed by atoms with Crippen LogP contribution in [0.2, 0.25) is 0 Å². The minimum Gasteiger partial charge on any atom is -0.306 e. The molecule has 11 aromatic rings. The monoisotopic (exact) mass is 932 g/mol. The van der Waals surface area contributed by atoms with Gasteiger partial charge >= 0.3 is 0 Å². The highest BCUT2D eigenvalue weighted by Gasteiger charge is 2.48. The van der Waals surface area contributed by atoms with Gasteiger partial charge in [0.2, 0.25) is 0 Å². The summed E-state index contributed by atoms with van der Waals surface area (Å²) in [5, 5.41) is 2.42. The SMILES string of the molecule is C(=Cc1ccc(N2c3ccccc3N(c3ccccc3)c3ccccc32)c2ccccc12)c1ccc2c(c1)C1(Cc3ccccc3C1)c1cc(N3c4ccccc4N(c4ccccc4)c4ccccc43)ccc1-2. The smallest absolute Gasteiger partial charge is 0.0703 e. The van der Waals surface area contributed by atoms with Gasteiger partial charge in [0.1, 0.15) is 0 Å². The molecule has 1 spiro atoms. The highest BCUT2D eigenvalue weighted by molar-refractivity contribution is 6.09. The normalized spacial score (nSPS) is 14.4. The van der Waals surface area contributed by atoms with E-state index in [1.54, 1.807) is 0 Å². The van der Waals surface area contributed by atoms with E-state index in [-0.39, 0.29) is 5.41 Å². The average Bonchev–Trinajstić information content (AvgIpc) is 3.98. The van der Waals surface area contributed by atoms with Crippen LogP contribution in [0.5, 0.6) is 0 Å². The van der Waals surface area contributed by atoms with Gasteiger partial charge in [-0.2, -0.15) is 0 Å². The van der Waals surface area contributed by atoms with Gasteiger partial charge in [0.15, 0.2) is 0 Å². The number of nitrogens with zero attached hydrogens (tertiary/aromatic N) is 4. The first-order valence-electron chi connectivity index (χ1n) is 25.4. The molecule has 0 radical (unpaired) electrons. The summed E-state index contributed by atoms with van der Waals surface area (Å²) in [6.07, 6.45) is 6.58. The van der Waals surface area contributed by atoms with Crippen molar-refractivity contribution in [2.24, 2.45) is 0 Å². The van der Waals surface area contributed by atoms with Crippen molar-refractivity contribution in [3.05, 3.63) is 288 Å². The summed E-state index contributed by atoms with van der Waals surface area (Å²) in [5.74, 6) is 0. The third-order valence-electron chi connectivity index (χ3n) is 15.8. The van der Waals surface area contributed by atoms with Crippen LogP contribution in [-0.4, -0.2) is 0 Å². The van der Waals surface area contributed by atoms with Crippen LogP contribution < -0.4 is 19.6 Å². The van der Waals surface area contributed by atoms with Gasteiger partial charge in [0.05, 0.1) is 51.2 Å². The molecule has 0 saturated heterocycles. The topological polar surface area (TPSA) is 13.0 Å². The van der Waals surface area contributed by atoms with Gasteiger partial charge in [-0.3, -0.25) is 0 Å². The zero-order chi connectivity index (χ0) is 48.0. The van der Waals surface area contributed by atoms with Gasteiger partial charge in [-0.25, -0.2) is 0 Å². The van der Waals surface area contributed by atoms with Crippen LogP contribution in [-0.2, 0) is 18.3 Å². The molecule has 0 N–H and O–H groups in total. The maximum atomic E-state index is 2.52. The number of para-hydroxylation sites is 10. The summed E-state index contributed by atoms with van der Waals surface area (Å²) in [4.78, 5) is 9.72. The lowest BCUT2D eigenvalue weighted by atomic mass is 9.75. The second-order valence-corrected chi connectivity index (χ2v) is 19.8.